The van der Waals surface area contributed by atoms with Gasteiger partial charge in [0.15, 0.2) is 5.96 Å². The summed E-state index contributed by atoms with van der Waals surface area (Å²) in [6, 6.07) is 0. The van der Waals surface area contributed by atoms with Gasteiger partial charge in [-0.3, -0.25) is 0 Å². The molecule has 0 radical (unpaired) electrons. The molecule has 76 valence electrons. The van der Waals surface area contributed by atoms with Crippen molar-refractivity contribution in [3.63, 3.8) is 0 Å². The predicted octanol–water partition coefficient (Wildman–Crippen LogP) is -0.448. The minimum Gasteiger partial charge on any atom is -0.393 e. The molecule has 6 N–H and O–H groups in total. The lowest BCUT2D eigenvalue weighted by Crippen LogP contribution is -2.26. The zero-order chi connectivity index (χ0) is 10.3. The predicted molar refractivity (Wildman–Crippen MR) is 52.8 cm³/mol. The largest absolute Gasteiger partial charge is 0.393 e. The summed E-state index contributed by atoms with van der Waals surface area (Å²) in [5.74, 6) is 0.372. The van der Waals surface area contributed by atoms with Gasteiger partial charge in [0.2, 0.25) is 0 Å². The van der Waals surface area contributed by atoms with Gasteiger partial charge >= 0.3 is 0 Å². The standard InChI is InChI=1S/C7H17N5O/c1-5(2)3-4-13-12-7(10)11-6(8)9/h5H,3-4H2,1-2H3,(H6,8,9,10,11,12). The third-order valence-corrected chi connectivity index (χ3v) is 1.19. The van der Waals surface area contributed by atoms with Crippen LogP contribution in [0.4, 0.5) is 0 Å². The van der Waals surface area contributed by atoms with E-state index >= 15 is 0 Å². The molecule has 0 saturated carbocycles. The van der Waals surface area contributed by atoms with Crippen molar-refractivity contribution in [3.05, 3.63) is 0 Å². The van der Waals surface area contributed by atoms with Crippen molar-refractivity contribution in [2.45, 2.75) is 20.3 Å². The number of aliphatic imine (C=N–C) groups is 1. The average Bonchev–Trinajstić information content (AvgIpc) is 1.96. The fourth-order valence-electron chi connectivity index (χ4n) is 0.553. The van der Waals surface area contributed by atoms with Gasteiger partial charge in [-0.1, -0.05) is 13.8 Å². The maximum atomic E-state index is 5.27. The lowest BCUT2D eigenvalue weighted by Gasteiger charge is -2.02. The van der Waals surface area contributed by atoms with Gasteiger partial charge in [0, 0.05) is 0 Å². The highest BCUT2D eigenvalue weighted by Gasteiger charge is 1.93. The van der Waals surface area contributed by atoms with Crippen LogP contribution in [0.25, 0.3) is 0 Å². The molecular weight excluding hydrogens is 170 g/mol. The number of guanidine groups is 2. The van der Waals surface area contributed by atoms with Crippen molar-refractivity contribution < 1.29 is 4.84 Å². The van der Waals surface area contributed by atoms with Crippen molar-refractivity contribution in [2.75, 3.05) is 6.61 Å². The van der Waals surface area contributed by atoms with Crippen LogP contribution in [-0.4, -0.2) is 18.5 Å². The number of oxime groups is 1. The maximum Gasteiger partial charge on any atom is 0.260 e. The number of nitrogens with zero attached hydrogens (tertiary/aromatic N) is 2. The lowest BCUT2D eigenvalue weighted by molar-refractivity contribution is 0.132. The number of rotatable bonds is 4. The smallest absolute Gasteiger partial charge is 0.260 e. The molecule has 0 bridgehead atoms. The van der Waals surface area contributed by atoms with E-state index in [4.69, 9.17) is 22.0 Å². The van der Waals surface area contributed by atoms with Crippen molar-refractivity contribution in [1.29, 1.82) is 0 Å². The Kier molecular flexibility index (Phi) is 5.42. The molecule has 0 aliphatic rings. The Hall–Kier alpha value is -1.46. The van der Waals surface area contributed by atoms with E-state index in [0.717, 1.165) is 6.42 Å². The van der Waals surface area contributed by atoms with Crippen molar-refractivity contribution in [1.82, 2.24) is 0 Å². The Morgan fingerprint density at radius 3 is 2.38 bits per heavy atom. The maximum absolute atomic E-state index is 5.27. The van der Waals surface area contributed by atoms with E-state index in [1.165, 1.54) is 0 Å². The molecule has 0 aliphatic heterocycles. The quantitative estimate of drug-likeness (QED) is 0.239. The Morgan fingerprint density at radius 2 is 1.92 bits per heavy atom. The molecule has 0 saturated heterocycles. The van der Waals surface area contributed by atoms with Crippen molar-refractivity contribution >= 4 is 11.9 Å². The first-order chi connectivity index (χ1) is 6.02. The molecule has 0 amide bonds. The topological polar surface area (TPSA) is 112 Å². The Balaban J connectivity index is 3.66. The fourth-order valence-corrected chi connectivity index (χ4v) is 0.553. The van der Waals surface area contributed by atoms with E-state index < -0.39 is 0 Å². The Labute approximate surface area is 77.8 Å². The SMILES string of the molecule is CC(C)CCON=C(N)N=C(N)N. The molecule has 0 atom stereocenters. The van der Waals surface area contributed by atoms with Gasteiger partial charge in [-0.2, -0.15) is 4.99 Å². The molecule has 0 aliphatic carbocycles. The third kappa shape index (κ3) is 8.45. The van der Waals surface area contributed by atoms with Crippen LogP contribution in [0.15, 0.2) is 10.1 Å². The number of nitrogens with two attached hydrogens (primary N) is 3. The molecular formula is C7H17N5O. The molecule has 0 unspecified atom stereocenters. The van der Waals surface area contributed by atoms with E-state index in [2.05, 4.69) is 24.0 Å². The monoisotopic (exact) mass is 187 g/mol. The highest BCUT2D eigenvalue weighted by atomic mass is 16.6. The normalized spacial score (nSPS) is 11.5. The van der Waals surface area contributed by atoms with Crippen molar-refractivity contribution in [2.24, 2.45) is 33.3 Å². The van der Waals surface area contributed by atoms with Crippen LogP contribution in [0, 0.1) is 5.92 Å². The number of hydrogen-bond donors (Lipinski definition) is 3. The van der Waals surface area contributed by atoms with E-state index in [9.17, 15) is 0 Å². The lowest BCUT2D eigenvalue weighted by atomic mass is 10.1. The molecule has 0 heterocycles. The second kappa shape index (κ2) is 6.10. The van der Waals surface area contributed by atoms with E-state index in [1.54, 1.807) is 0 Å². The molecule has 0 fully saturated rings. The van der Waals surface area contributed by atoms with Crippen molar-refractivity contribution in [3.8, 4) is 0 Å². The highest BCUT2D eigenvalue weighted by molar-refractivity contribution is 5.92. The highest BCUT2D eigenvalue weighted by Crippen LogP contribution is 1.98. The minimum absolute atomic E-state index is 0.0660. The molecule has 0 aromatic rings. The van der Waals surface area contributed by atoms with Crippen LogP contribution >= 0.6 is 0 Å². The summed E-state index contributed by atoms with van der Waals surface area (Å²) in [6.07, 6.45) is 0.915. The molecule has 6 heteroatoms. The van der Waals surface area contributed by atoms with Crippen LogP contribution in [-0.2, 0) is 4.84 Å². The summed E-state index contributed by atoms with van der Waals surface area (Å²) in [6.45, 7) is 4.69. The van der Waals surface area contributed by atoms with Gasteiger partial charge in [0.05, 0.1) is 0 Å². The summed E-state index contributed by atoms with van der Waals surface area (Å²) < 4.78 is 0. The average molecular weight is 187 g/mol. The van der Waals surface area contributed by atoms with Gasteiger partial charge in [0.25, 0.3) is 5.96 Å². The number of hydrogen-bond acceptors (Lipinski definition) is 2. The van der Waals surface area contributed by atoms with E-state index in [-0.39, 0.29) is 11.9 Å². The summed E-state index contributed by atoms with van der Waals surface area (Å²) in [7, 11) is 0. The van der Waals surface area contributed by atoms with Crippen LogP contribution in [0.3, 0.4) is 0 Å². The second-order valence-corrected chi connectivity index (χ2v) is 3.00. The molecule has 13 heavy (non-hydrogen) atoms. The molecule has 0 rings (SSSR count). The fraction of sp³-hybridized carbons (Fsp3) is 0.714. The van der Waals surface area contributed by atoms with Crippen LogP contribution in [0.5, 0.6) is 0 Å². The summed E-state index contributed by atoms with van der Waals surface area (Å²) in [5, 5.41) is 3.48. The minimum atomic E-state index is -0.131. The van der Waals surface area contributed by atoms with E-state index in [1.807, 2.05) is 0 Å². The van der Waals surface area contributed by atoms with Gasteiger partial charge in [-0.25, -0.2) is 0 Å². The zero-order valence-corrected chi connectivity index (χ0v) is 8.03. The molecule has 0 aromatic carbocycles. The van der Waals surface area contributed by atoms with Gasteiger partial charge in [0.1, 0.15) is 6.61 Å². The van der Waals surface area contributed by atoms with Crippen LogP contribution in [0.1, 0.15) is 20.3 Å². The first kappa shape index (κ1) is 11.5. The Bertz CT molecular complexity index is 195. The molecule has 6 nitrogen and oxygen atoms in total. The van der Waals surface area contributed by atoms with Gasteiger partial charge < -0.3 is 22.0 Å². The third-order valence-electron chi connectivity index (χ3n) is 1.19. The summed E-state index contributed by atoms with van der Waals surface area (Å²) >= 11 is 0. The Morgan fingerprint density at radius 1 is 1.31 bits per heavy atom. The zero-order valence-electron chi connectivity index (χ0n) is 8.03. The molecule has 0 aromatic heterocycles. The second-order valence-electron chi connectivity index (χ2n) is 3.00. The van der Waals surface area contributed by atoms with E-state index in [0.29, 0.717) is 12.5 Å². The summed E-state index contributed by atoms with van der Waals surface area (Å²) in [4.78, 5) is 8.32. The van der Waals surface area contributed by atoms with Gasteiger partial charge in [-0.15, -0.1) is 0 Å². The van der Waals surface area contributed by atoms with Gasteiger partial charge in [-0.05, 0) is 17.5 Å². The molecule has 0 spiro atoms. The van der Waals surface area contributed by atoms with Crippen LogP contribution in [0.2, 0.25) is 0 Å². The first-order valence-corrected chi connectivity index (χ1v) is 4.07. The van der Waals surface area contributed by atoms with Crippen LogP contribution < -0.4 is 17.2 Å². The first-order valence-electron chi connectivity index (χ1n) is 4.07. The summed E-state index contributed by atoms with van der Waals surface area (Å²) in [5.41, 5.74) is 15.4.